The molecule has 0 heterocycles. The van der Waals surface area contributed by atoms with Crippen molar-refractivity contribution in [1.29, 1.82) is 0 Å². The molecule has 1 unspecified atom stereocenters. The highest BCUT2D eigenvalue weighted by atomic mass is 16.5. The van der Waals surface area contributed by atoms with Gasteiger partial charge in [-0.1, -0.05) is 39.0 Å². The Labute approximate surface area is 128 Å². The van der Waals surface area contributed by atoms with Crippen molar-refractivity contribution in [1.82, 2.24) is 5.32 Å². The van der Waals surface area contributed by atoms with Crippen molar-refractivity contribution in [2.75, 3.05) is 13.2 Å². The second-order valence-electron chi connectivity index (χ2n) is 5.80. The lowest BCUT2D eigenvalue weighted by molar-refractivity contribution is -0.123. The van der Waals surface area contributed by atoms with Crippen LogP contribution in [0.25, 0.3) is 0 Å². The second kappa shape index (κ2) is 9.40. The average molecular weight is 292 g/mol. The Bertz CT molecular complexity index is 433. The second-order valence-corrected chi connectivity index (χ2v) is 5.80. The van der Waals surface area contributed by atoms with E-state index in [2.05, 4.69) is 26.1 Å². The van der Waals surface area contributed by atoms with Crippen molar-refractivity contribution in [2.45, 2.75) is 46.1 Å². The van der Waals surface area contributed by atoms with Crippen molar-refractivity contribution in [3.63, 3.8) is 0 Å². The molecule has 118 valence electrons. The lowest BCUT2D eigenvalue weighted by Gasteiger charge is -2.14. The van der Waals surface area contributed by atoms with Crippen LogP contribution in [0.2, 0.25) is 0 Å². The average Bonchev–Trinajstić information content (AvgIpc) is 2.45. The van der Waals surface area contributed by atoms with Gasteiger partial charge in [0.15, 0.2) is 6.61 Å². The molecule has 4 heteroatoms. The van der Waals surface area contributed by atoms with Gasteiger partial charge >= 0.3 is 0 Å². The maximum Gasteiger partial charge on any atom is 0.257 e. The number of carbonyl (C=O) groups is 1. The van der Waals surface area contributed by atoms with Gasteiger partial charge in [0.05, 0.1) is 0 Å². The van der Waals surface area contributed by atoms with Crippen LogP contribution in [0.1, 0.15) is 39.2 Å². The predicted octanol–water partition coefficient (Wildman–Crippen LogP) is 2.51. The summed E-state index contributed by atoms with van der Waals surface area (Å²) in [5.74, 6) is 1.26. The normalized spacial score (nSPS) is 12.2. The number of nitrogens with one attached hydrogen (secondary N) is 1. The molecular weight excluding hydrogens is 264 g/mol. The van der Waals surface area contributed by atoms with Gasteiger partial charge in [-0.05, 0) is 36.8 Å². The number of carbonyl (C=O) groups excluding carboxylic acids is 1. The Morgan fingerprint density at radius 1 is 1.33 bits per heavy atom. The van der Waals surface area contributed by atoms with Crippen molar-refractivity contribution in [3.05, 3.63) is 29.8 Å². The standard InChI is InChI=1S/C17H28N2O2/c1-4-15(18)11-14-7-5-6-8-16(14)21-12-17(20)19-10-9-13(2)3/h5-8,13,15H,4,9-12,18H2,1-3H3,(H,19,20). The molecule has 0 bridgehead atoms. The van der Waals surface area contributed by atoms with Crippen molar-refractivity contribution < 1.29 is 9.53 Å². The summed E-state index contributed by atoms with van der Waals surface area (Å²) in [6.07, 6.45) is 2.67. The first-order chi connectivity index (χ1) is 10.0. The number of amides is 1. The molecule has 1 amide bonds. The number of ether oxygens (including phenoxy) is 1. The van der Waals surface area contributed by atoms with Crippen LogP contribution in [0.4, 0.5) is 0 Å². The van der Waals surface area contributed by atoms with Crippen LogP contribution in [0.5, 0.6) is 5.75 Å². The molecule has 21 heavy (non-hydrogen) atoms. The van der Waals surface area contributed by atoms with E-state index >= 15 is 0 Å². The summed E-state index contributed by atoms with van der Waals surface area (Å²) in [5, 5.41) is 2.87. The molecule has 1 atom stereocenters. The van der Waals surface area contributed by atoms with Crippen molar-refractivity contribution in [2.24, 2.45) is 11.7 Å². The molecule has 0 aliphatic heterocycles. The van der Waals surface area contributed by atoms with E-state index < -0.39 is 0 Å². The summed E-state index contributed by atoms with van der Waals surface area (Å²) in [4.78, 5) is 11.7. The fourth-order valence-electron chi connectivity index (χ4n) is 1.93. The Kier molecular flexibility index (Phi) is 7.83. The molecule has 0 saturated heterocycles. The molecule has 1 rings (SSSR count). The summed E-state index contributed by atoms with van der Waals surface area (Å²) in [5.41, 5.74) is 7.05. The minimum absolute atomic E-state index is 0.0521. The van der Waals surface area contributed by atoms with Gasteiger partial charge in [-0.25, -0.2) is 0 Å². The summed E-state index contributed by atoms with van der Waals surface area (Å²) < 4.78 is 5.63. The van der Waals surface area contributed by atoms with Gasteiger partial charge in [0, 0.05) is 12.6 Å². The highest BCUT2D eigenvalue weighted by Crippen LogP contribution is 2.19. The third-order valence-electron chi connectivity index (χ3n) is 3.38. The number of rotatable bonds is 9. The fourth-order valence-corrected chi connectivity index (χ4v) is 1.93. The monoisotopic (exact) mass is 292 g/mol. The van der Waals surface area contributed by atoms with Gasteiger partial charge in [0.2, 0.25) is 0 Å². The van der Waals surface area contributed by atoms with Crippen LogP contribution in [0.3, 0.4) is 0 Å². The van der Waals surface area contributed by atoms with E-state index in [1.165, 1.54) is 0 Å². The quantitative estimate of drug-likeness (QED) is 0.735. The third-order valence-corrected chi connectivity index (χ3v) is 3.38. The van der Waals surface area contributed by atoms with E-state index in [-0.39, 0.29) is 18.6 Å². The Hall–Kier alpha value is -1.55. The lowest BCUT2D eigenvalue weighted by atomic mass is 10.0. The highest BCUT2D eigenvalue weighted by Gasteiger charge is 2.09. The van der Waals surface area contributed by atoms with E-state index in [1.54, 1.807) is 0 Å². The van der Waals surface area contributed by atoms with E-state index in [9.17, 15) is 4.79 Å². The van der Waals surface area contributed by atoms with E-state index in [1.807, 2.05) is 24.3 Å². The molecule has 1 aromatic rings. The van der Waals surface area contributed by atoms with E-state index in [0.717, 1.165) is 30.6 Å². The number of hydrogen-bond acceptors (Lipinski definition) is 3. The molecule has 1 aromatic carbocycles. The van der Waals surface area contributed by atoms with E-state index in [0.29, 0.717) is 12.5 Å². The lowest BCUT2D eigenvalue weighted by Crippen LogP contribution is -2.30. The zero-order chi connectivity index (χ0) is 15.7. The molecule has 3 N–H and O–H groups in total. The van der Waals surface area contributed by atoms with Crippen LogP contribution in [0.15, 0.2) is 24.3 Å². The van der Waals surface area contributed by atoms with Gasteiger partial charge < -0.3 is 15.8 Å². The first-order valence-electron chi connectivity index (χ1n) is 7.75. The first kappa shape index (κ1) is 17.5. The predicted molar refractivity (Wildman–Crippen MR) is 86.4 cm³/mol. The molecule has 0 aromatic heterocycles. The SMILES string of the molecule is CCC(N)Cc1ccccc1OCC(=O)NCCC(C)C. The summed E-state index contributed by atoms with van der Waals surface area (Å²) >= 11 is 0. The van der Waals surface area contributed by atoms with Crippen LogP contribution >= 0.6 is 0 Å². The molecule has 0 spiro atoms. The summed E-state index contributed by atoms with van der Waals surface area (Å²) in [6, 6.07) is 7.88. The number of nitrogens with two attached hydrogens (primary N) is 1. The molecule has 0 aliphatic carbocycles. The molecular formula is C17H28N2O2. The number of para-hydroxylation sites is 1. The Balaban J connectivity index is 2.45. The van der Waals surface area contributed by atoms with Gasteiger partial charge in [0.1, 0.15) is 5.75 Å². The van der Waals surface area contributed by atoms with Crippen LogP contribution in [-0.4, -0.2) is 25.1 Å². The van der Waals surface area contributed by atoms with Crippen LogP contribution < -0.4 is 15.8 Å². The molecule has 0 fully saturated rings. The number of hydrogen-bond donors (Lipinski definition) is 2. The largest absolute Gasteiger partial charge is 0.483 e. The van der Waals surface area contributed by atoms with Crippen LogP contribution in [-0.2, 0) is 11.2 Å². The molecule has 0 saturated carbocycles. The minimum atomic E-state index is -0.0785. The molecule has 4 nitrogen and oxygen atoms in total. The van der Waals surface area contributed by atoms with Crippen molar-refractivity contribution in [3.8, 4) is 5.75 Å². The topological polar surface area (TPSA) is 64.3 Å². The first-order valence-corrected chi connectivity index (χ1v) is 7.75. The Morgan fingerprint density at radius 2 is 2.05 bits per heavy atom. The van der Waals surface area contributed by atoms with Crippen LogP contribution in [0, 0.1) is 5.92 Å². The van der Waals surface area contributed by atoms with E-state index in [4.69, 9.17) is 10.5 Å². The zero-order valence-corrected chi connectivity index (χ0v) is 13.4. The maximum atomic E-state index is 11.7. The summed E-state index contributed by atoms with van der Waals surface area (Å²) in [6.45, 7) is 7.08. The van der Waals surface area contributed by atoms with Gasteiger partial charge in [-0.2, -0.15) is 0 Å². The minimum Gasteiger partial charge on any atom is -0.483 e. The zero-order valence-electron chi connectivity index (χ0n) is 13.4. The Morgan fingerprint density at radius 3 is 2.71 bits per heavy atom. The highest BCUT2D eigenvalue weighted by molar-refractivity contribution is 5.77. The maximum absolute atomic E-state index is 11.7. The third kappa shape index (κ3) is 7.14. The number of benzene rings is 1. The van der Waals surface area contributed by atoms with Crippen molar-refractivity contribution >= 4 is 5.91 Å². The summed E-state index contributed by atoms with van der Waals surface area (Å²) in [7, 11) is 0. The van der Waals surface area contributed by atoms with Gasteiger partial charge in [0.25, 0.3) is 5.91 Å². The molecule has 0 aliphatic rings. The smallest absolute Gasteiger partial charge is 0.257 e. The molecule has 0 radical (unpaired) electrons. The fraction of sp³-hybridized carbons (Fsp3) is 0.588. The van der Waals surface area contributed by atoms with Gasteiger partial charge in [-0.15, -0.1) is 0 Å². The van der Waals surface area contributed by atoms with Gasteiger partial charge in [-0.3, -0.25) is 4.79 Å².